The summed E-state index contributed by atoms with van der Waals surface area (Å²) in [5.74, 6) is -0.00730. The Balaban J connectivity index is 3.16. The van der Waals surface area contributed by atoms with Crippen molar-refractivity contribution in [3.05, 3.63) is 34.9 Å². The van der Waals surface area contributed by atoms with Crippen LogP contribution in [0.5, 0.6) is 0 Å². The maximum atomic E-state index is 11.3. The third-order valence-corrected chi connectivity index (χ3v) is 3.54. The fraction of sp³-hybridized carbons (Fsp3) is 0.417. The molecule has 1 nitrogen and oxygen atoms in total. The van der Waals surface area contributed by atoms with E-state index in [0.717, 1.165) is 22.9 Å². The van der Waals surface area contributed by atoms with Crippen LogP contribution in [-0.4, -0.2) is 5.78 Å². The molecular weight excluding hydrogens is 275 g/mol. The highest BCUT2D eigenvalue weighted by atomic mass is 79.9. The first-order valence-electron chi connectivity index (χ1n) is 4.92. The first kappa shape index (κ1) is 12.7. The molecule has 0 radical (unpaired) electrons. The molecule has 1 aromatic rings. The van der Waals surface area contributed by atoms with Gasteiger partial charge in [-0.3, -0.25) is 4.79 Å². The van der Waals surface area contributed by atoms with E-state index in [-0.39, 0.29) is 5.78 Å². The molecule has 0 aliphatic rings. The molecule has 0 aliphatic carbocycles. The molecule has 1 unspecified atom stereocenters. The molecule has 0 fully saturated rings. The van der Waals surface area contributed by atoms with Crippen LogP contribution in [0.25, 0.3) is 0 Å². The van der Waals surface area contributed by atoms with Crippen molar-refractivity contribution in [2.24, 2.45) is 0 Å². The molecule has 15 heavy (non-hydrogen) atoms. The topological polar surface area (TPSA) is 17.1 Å². The van der Waals surface area contributed by atoms with Gasteiger partial charge in [0.15, 0.2) is 5.78 Å². The van der Waals surface area contributed by atoms with E-state index in [4.69, 9.17) is 11.6 Å². The smallest absolute Gasteiger partial charge is 0.152 e. The van der Waals surface area contributed by atoms with Crippen LogP contribution in [0.3, 0.4) is 0 Å². The summed E-state index contributed by atoms with van der Waals surface area (Å²) in [6.45, 7) is 3.61. The highest BCUT2D eigenvalue weighted by Gasteiger charge is 2.16. The Hall–Kier alpha value is -0.340. The third-order valence-electron chi connectivity index (χ3n) is 2.39. The van der Waals surface area contributed by atoms with Gasteiger partial charge < -0.3 is 0 Å². The predicted molar refractivity (Wildman–Crippen MR) is 67.7 cm³/mol. The van der Waals surface area contributed by atoms with Crippen LogP contribution in [0.15, 0.2) is 18.2 Å². The summed E-state index contributed by atoms with van der Waals surface area (Å²) in [5, 5.41) is 0.201. The molecule has 0 bridgehead atoms. The Morgan fingerprint density at radius 3 is 2.67 bits per heavy atom. The maximum absolute atomic E-state index is 11.3. The third kappa shape index (κ3) is 3.05. The number of hydrogen-bond acceptors (Lipinski definition) is 1. The molecule has 0 N–H and O–H groups in total. The minimum absolute atomic E-state index is 0.00730. The van der Waals surface area contributed by atoms with E-state index in [2.05, 4.69) is 28.9 Å². The number of hydrogen-bond donors (Lipinski definition) is 0. The number of carbonyl (C=O) groups is 1. The number of Topliss-reactive ketones (excluding diaryl/α,β-unsaturated/α-hetero) is 1. The molecule has 0 aliphatic heterocycles. The Morgan fingerprint density at radius 1 is 1.53 bits per heavy atom. The summed E-state index contributed by atoms with van der Waals surface area (Å²) < 4.78 is 0. The van der Waals surface area contributed by atoms with Crippen molar-refractivity contribution in [1.82, 2.24) is 0 Å². The molecule has 0 spiro atoms. The van der Waals surface area contributed by atoms with Crippen molar-refractivity contribution in [1.29, 1.82) is 0 Å². The predicted octanol–water partition coefficient (Wildman–Crippen LogP) is 4.01. The van der Waals surface area contributed by atoms with Crippen molar-refractivity contribution < 1.29 is 4.79 Å². The van der Waals surface area contributed by atoms with Crippen molar-refractivity contribution >= 4 is 33.3 Å². The van der Waals surface area contributed by atoms with E-state index >= 15 is 0 Å². The Bertz CT molecular complexity index is 363. The molecular formula is C12H14BrClO. The number of ketones is 1. The van der Waals surface area contributed by atoms with Crippen LogP contribution < -0.4 is 0 Å². The number of carbonyl (C=O) groups excluding carboxylic acids is 1. The number of benzene rings is 1. The zero-order chi connectivity index (χ0) is 11.4. The molecule has 0 saturated heterocycles. The van der Waals surface area contributed by atoms with Gasteiger partial charge in [0.2, 0.25) is 0 Å². The van der Waals surface area contributed by atoms with Crippen LogP contribution in [0.1, 0.15) is 35.9 Å². The molecule has 1 atom stereocenters. The summed E-state index contributed by atoms with van der Waals surface area (Å²) >= 11 is 9.49. The molecule has 0 saturated carbocycles. The van der Waals surface area contributed by atoms with Crippen LogP contribution in [0, 0.1) is 0 Å². The first-order valence-corrected chi connectivity index (χ1v) is 6.48. The van der Waals surface area contributed by atoms with Crippen LogP contribution in [0.2, 0.25) is 0 Å². The van der Waals surface area contributed by atoms with Gasteiger partial charge in [0, 0.05) is 5.33 Å². The highest BCUT2D eigenvalue weighted by Crippen LogP contribution is 2.27. The van der Waals surface area contributed by atoms with Gasteiger partial charge in [-0.15, -0.1) is 11.6 Å². The van der Waals surface area contributed by atoms with E-state index < -0.39 is 5.38 Å². The SMILES string of the molecule is CCc1ccc(CBr)c(C(Cl)C(C)=O)c1. The van der Waals surface area contributed by atoms with E-state index in [1.54, 1.807) is 0 Å². The minimum atomic E-state index is -0.524. The lowest BCUT2D eigenvalue weighted by Crippen LogP contribution is -2.05. The van der Waals surface area contributed by atoms with Crippen molar-refractivity contribution in [2.45, 2.75) is 31.0 Å². The lowest BCUT2D eigenvalue weighted by molar-refractivity contribution is -0.116. The average Bonchev–Trinajstić information content (AvgIpc) is 2.27. The molecule has 0 amide bonds. The normalized spacial score (nSPS) is 12.5. The van der Waals surface area contributed by atoms with Crippen molar-refractivity contribution in [2.75, 3.05) is 0 Å². The summed E-state index contributed by atoms with van der Waals surface area (Å²) in [5.41, 5.74) is 3.23. The molecule has 1 rings (SSSR count). The van der Waals surface area contributed by atoms with E-state index in [1.165, 1.54) is 12.5 Å². The van der Waals surface area contributed by atoms with Crippen LogP contribution >= 0.6 is 27.5 Å². The van der Waals surface area contributed by atoms with Gasteiger partial charge in [0.05, 0.1) is 0 Å². The molecule has 0 aromatic heterocycles. The second-order valence-electron chi connectivity index (χ2n) is 3.49. The number of aryl methyl sites for hydroxylation is 1. The fourth-order valence-corrected chi connectivity index (χ4v) is 2.15. The summed E-state index contributed by atoms with van der Waals surface area (Å²) in [6.07, 6.45) is 0.955. The Kier molecular flexibility index (Phi) is 4.81. The van der Waals surface area contributed by atoms with Crippen LogP contribution in [-0.2, 0) is 16.5 Å². The van der Waals surface area contributed by atoms with Gasteiger partial charge in [-0.2, -0.15) is 0 Å². The molecule has 82 valence electrons. The zero-order valence-electron chi connectivity index (χ0n) is 8.89. The second kappa shape index (κ2) is 5.66. The van der Waals surface area contributed by atoms with Gasteiger partial charge in [-0.25, -0.2) is 0 Å². The number of rotatable bonds is 4. The lowest BCUT2D eigenvalue weighted by atomic mass is 9.99. The van der Waals surface area contributed by atoms with Crippen LogP contribution in [0.4, 0.5) is 0 Å². The lowest BCUT2D eigenvalue weighted by Gasteiger charge is -2.12. The van der Waals surface area contributed by atoms with E-state index in [0.29, 0.717) is 0 Å². The second-order valence-corrected chi connectivity index (χ2v) is 4.49. The highest BCUT2D eigenvalue weighted by molar-refractivity contribution is 9.08. The van der Waals surface area contributed by atoms with Gasteiger partial charge in [-0.1, -0.05) is 41.1 Å². The first-order chi connectivity index (χ1) is 7.10. The fourth-order valence-electron chi connectivity index (χ4n) is 1.44. The summed E-state index contributed by atoms with van der Waals surface area (Å²) in [7, 11) is 0. The van der Waals surface area contributed by atoms with Gasteiger partial charge >= 0.3 is 0 Å². The van der Waals surface area contributed by atoms with Gasteiger partial charge in [-0.05, 0) is 30.0 Å². The summed E-state index contributed by atoms with van der Waals surface area (Å²) in [4.78, 5) is 11.3. The molecule has 3 heteroatoms. The Labute approximate surface area is 104 Å². The standard InChI is InChI=1S/C12H14BrClO/c1-3-9-4-5-10(7-13)11(6-9)12(14)8(2)15/h4-6,12H,3,7H2,1-2H3. The quantitative estimate of drug-likeness (QED) is 0.765. The number of alkyl halides is 2. The van der Waals surface area contributed by atoms with Gasteiger partial charge in [0.1, 0.15) is 5.38 Å². The monoisotopic (exact) mass is 288 g/mol. The molecule has 1 aromatic carbocycles. The van der Waals surface area contributed by atoms with E-state index in [1.807, 2.05) is 12.1 Å². The largest absolute Gasteiger partial charge is 0.298 e. The van der Waals surface area contributed by atoms with Gasteiger partial charge in [0.25, 0.3) is 0 Å². The maximum Gasteiger partial charge on any atom is 0.152 e. The molecule has 0 heterocycles. The van der Waals surface area contributed by atoms with Crippen molar-refractivity contribution in [3.8, 4) is 0 Å². The summed E-state index contributed by atoms with van der Waals surface area (Å²) in [6, 6.07) is 6.13. The Morgan fingerprint density at radius 2 is 2.20 bits per heavy atom. The van der Waals surface area contributed by atoms with Crippen molar-refractivity contribution in [3.63, 3.8) is 0 Å². The number of halogens is 2. The van der Waals surface area contributed by atoms with E-state index in [9.17, 15) is 4.79 Å². The minimum Gasteiger partial charge on any atom is -0.298 e. The zero-order valence-corrected chi connectivity index (χ0v) is 11.2. The average molecular weight is 290 g/mol.